The van der Waals surface area contributed by atoms with Crippen molar-refractivity contribution >= 4 is 34.2 Å². The van der Waals surface area contributed by atoms with Crippen molar-refractivity contribution in [1.82, 2.24) is 15.1 Å². The van der Waals surface area contributed by atoms with Gasteiger partial charge >= 0.3 is 0 Å². The van der Waals surface area contributed by atoms with Gasteiger partial charge in [0.25, 0.3) is 0 Å². The van der Waals surface area contributed by atoms with Crippen LogP contribution in [0.1, 0.15) is 12.8 Å². The van der Waals surface area contributed by atoms with Crippen LogP contribution in [0.5, 0.6) is 5.75 Å². The summed E-state index contributed by atoms with van der Waals surface area (Å²) in [4.78, 5) is 16.3. The van der Waals surface area contributed by atoms with Crippen molar-refractivity contribution in [2.24, 2.45) is 0 Å². The van der Waals surface area contributed by atoms with Crippen molar-refractivity contribution in [2.75, 3.05) is 46.9 Å². The number of hydrogen-bond acceptors (Lipinski definition) is 4. The number of benzene rings is 1. The highest BCUT2D eigenvalue weighted by Crippen LogP contribution is 2.16. The molecule has 0 aliphatic carbocycles. The van der Waals surface area contributed by atoms with Crippen LogP contribution in [-0.2, 0) is 4.79 Å². The molecule has 1 saturated heterocycles. The van der Waals surface area contributed by atoms with Gasteiger partial charge in [-0.3, -0.25) is 9.69 Å². The van der Waals surface area contributed by atoms with Gasteiger partial charge in [0, 0.05) is 24.1 Å². The minimum absolute atomic E-state index is 0. The van der Waals surface area contributed by atoms with E-state index in [1.807, 2.05) is 38.4 Å². The zero-order chi connectivity index (χ0) is 16.7. The van der Waals surface area contributed by atoms with Crippen molar-refractivity contribution in [3.8, 4) is 5.75 Å². The zero-order valence-electron chi connectivity index (χ0n) is 14.3. The molecule has 24 heavy (non-hydrogen) atoms. The number of rotatable bonds is 7. The fourth-order valence-corrected chi connectivity index (χ4v) is 2.97. The first-order valence-electron chi connectivity index (χ1n) is 8.10. The number of likely N-dealkylation sites (N-methyl/N-ethyl adjacent to an activating group) is 2. The van der Waals surface area contributed by atoms with Gasteiger partial charge in [0.2, 0.25) is 5.91 Å². The molecule has 2 rings (SSSR count). The Labute approximate surface area is 159 Å². The summed E-state index contributed by atoms with van der Waals surface area (Å²) in [5, 5.41) is 3.30. The van der Waals surface area contributed by atoms with Crippen molar-refractivity contribution in [1.29, 1.82) is 0 Å². The van der Waals surface area contributed by atoms with Gasteiger partial charge in [-0.15, -0.1) is 12.4 Å². The van der Waals surface area contributed by atoms with Crippen LogP contribution in [0.4, 0.5) is 0 Å². The van der Waals surface area contributed by atoms with Crippen molar-refractivity contribution in [2.45, 2.75) is 18.9 Å². The number of likely N-dealkylation sites (tertiary alicyclic amines) is 1. The van der Waals surface area contributed by atoms with Crippen LogP contribution in [0.25, 0.3) is 0 Å². The molecule has 136 valence electrons. The molecule has 1 amide bonds. The van der Waals surface area contributed by atoms with Crippen LogP contribution < -0.4 is 10.1 Å². The third-order valence-electron chi connectivity index (χ3n) is 4.21. The summed E-state index contributed by atoms with van der Waals surface area (Å²) in [6, 6.07) is 8.22. The SMILES string of the molecule is CNC1CCCN(CC(=O)N(C)CCOc2ccc(Br)cc2)C1.Cl. The molecule has 1 aliphatic heterocycles. The summed E-state index contributed by atoms with van der Waals surface area (Å²) < 4.78 is 6.69. The molecule has 7 heteroatoms. The van der Waals surface area contributed by atoms with E-state index in [0.717, 1.165) is 29.7 Å². The Bertz CT molecular complexity index is 501. The molecular formula is C17H27BrClN3O2. The number of nitrogens with zero attached hydrogens (tertiary/aromatic N) is 2. The lowest BCUT2D eigenvalue weighted by atomic mass is 10.1. The van der Waals surface area contributed by atoms with Crippen LogP contribution in [0.3, 0.4) is 0 Å². The highest BCUT2D eigenvalue weighted by atomic mass is 79.9. The number of amides is 1. The van der Waals surface area contributed by atoms with Crippen LogP contribution >= 0.6 is 28.3 Å². The van der Waals surface area contributed by atoms with E-state index in [9.17, 15) is 4.79 Å². The molecule has 0 spiro atoms. The molecule has 0 bridgehead atoms. The standard InChI is InChI=1S/C17H26BrN3O2.ClH/c1-19-15-4-3-9-21(12-15)13-17(22)20(2)10-11-23-16-7-5-14(18)6-8-16;/h5-8,15,19H,3-4,9-13H2,1-2H3;1H. The molecule has 1 N–H and O–H groups in total. The number of halogens is 2. The van der Waals surface area contributed by atoms with Crippen LogP contribution in [-0.4, -0.2) is 68.6 Å². The minimum atomic E-state index is 0. The average molecular weight is 421 g/mol. The summed E-state index contributed by atoms with van der Waals surface area (Å²) in [7, 11) is 3.83. The molecular weight excluding hydrogens is 394 g/mol. The van der Waals surface area contributed by atoms with Crippen LogP contribution in [0.2, 0.25) is 0 Å². The first-order chi connectivity index (χ1) is 11.1. The van der Waals surface area contributed by atoms with E-state index >= 15 is 0 Å². The number of carbonyl (C=O) groups excluding carboxylic acids is 1. The maximum absolute atomic E-state index is 12.3. The number of nitrogens with one attached hydrogen (secondary N) is 1. The third kappa shape index (κ3) is 6.97. The second kappa shape index (κ2) is 10.9. The van der Waals surface area contributed by atoms with Gasteiger partial charge in [0.15, 0.2) is 0 Å². The quantitative estimate of drug-likeness (QED) is 0.736. The summed E-state index contributed by atoms with van der Waals surface area (Å²) >= 11 is 3.39. The van der Waals surface area contributed by atoms with E-state index in [1.54, 1.807) is 4.90 Å². The van der Waals surface area contributed by atoms with Crippen LogP contribution in [0, 0.1) is 0 Å². The lowest BCUT2D eigenvalue weighted by molar-refractivity contribution is -0.131. The Kier molecular flexibility index (Phi) is 9.66. The van der Waals surface area contributed by atoms with Gasteiger partial charge in [-0.1, -0.05) is 15.9 Å². The molecule has 1 aliphatic rings. The van der Waals surface area contributed by atoms with E-state index in [-0.39, 0.29) is 18.3 Å². The smallest absolute Gasteiger partial charge is 0.236 e. The third-order valence-corrected chi connectivity index (χ3v) is 4.74. The highest BCUT2D eigenvalue weighted by Gasteiger charge is 2.21. The maximum Gasteiger partial charge on any atom is 0.236 e. The normalized spacial score (nSPS) is 17.9. The molecule has 1 fully saturated rings. The van der Waals surface area contributed by atoms with Crippen molar-refractivity contribution in [3.63, 3.8) is 0 Å². The van der Waals surface area contributed by atoms with E-state index in [1.165, 1.54) is 6.42 Å². The Morgan fingerprint density at radius 2 is 2.12 bits per heavy atom. The van der Waals surface area contributed by atoms with E-state index in [4.69, 9.17) is 4.74 Å². The monoisotopic (exact) mass is 419 g/mol. The van der Waals surface area contributed by atoms with Crippen LogP contribution in [0.15, 0.2) is 28.7 Å². The molecule has 0 radical (unpaired) electrons. The van der Waals surface area contributed by atoms with Gasteiger partial charge in [-0.25, -0.2) is 0 Å². The van der Waals surface area contributed by atoms with E-state index < -0.39 is 0 Å². The van der Waals surface area contributed by atoms with Gasteiger partial charge in [0.1, 0.15) is 12.4 Å². The Hall–Kier alpha value is -0.820. The van der Waals surface area contributed by atoms with Gasteiger partial charge < -0.3 is 15.0 Å². The molecule has 1 aromatic carbocycles. The first kappa shape index (κ1) is 21.2. The summed E-state index contributed by atoms with van der Waals surface area (Å²) in [5.74, 6) is 0.975. The Balaban J connectivity index is 0.00000288. The molecule has 1 unspecified atom stereocenters. The predicted octanol–water partition coefficient (Wildman–Crippen LogP) is 2.39. The maximum atomic E-state index is 12.3. The number of carbonyl (C=O) groups is 1. The predicted molar refractivity (Wildman–Crippen MR) is 103 cm³/mol. The highest BCUT2D eigenvalue weighted by molar-refractivity contribution is 9.10. The van der Waals surface area contributed by atoms with Gasteiger partial charge in [-0.2, -0.15) is 0 Å². The molecule has 0 aromatic heterocycles. The fourth-order valence-electron chi connectivity index (χ4n) is 2.70. The number of ether oxygens (including phenoxy) is 1. The fraction of sp³-hybridized carbons (Fsp3) is 0.588. The van der Waals surface area contributed by atoms with Crippen molar-refractivity contribution < 1.29 is 9.53 Å². The Morgan fingerprint density at radius 1 is 1.42 bits per heavy atom. The van der Waals surface area contributed by atoms with Gasteiger partial charge in [-0.05, 0) is 50.7 Å². The second-order valence-corrected chi connectivity index (χ2v) is 6.90. The van der Waals surface area contributed by atoms with Gasteiger partial charge in [0.05, 0.1) is 13.1 Å². The Morgan fingerprint density at radius 3 is 2.79 bits per heavy atom. The summed E-state index contributed by atoms with van der Waals surface area (Å²) in [6.45, 7) is 3.55. The lowest BCUT2D eigenvalue weighted by Crippen LogP contribution is -2.48. The molecule has 1 heterocycles. The zero-order valence-corrected chi connectivity index (χ0v) is 16.7. The number of hydrogen-bond donors (Lipinski definition) is 1. The topological polar surface area (TPSA) is 44.8 Å². The largest absolute Gasteiger partial charge is 0.492 e. The lowest BCUT2D eigenvalue weighted by Gasteiger charge is -2.33. The number of piperidine rings is 1. The minimum Gasteiger partial charge on any atom is -0.492 e. The molecule has 1 atom stereocenters. The molecule has 0 saturated carbocycles. The molecule has 5 nitrogen and oxygen atoms in total. The first-order valence-corrected chi connectivity index (χ1v) is 8.89. The second-order valence-electron chi connectivity index (χ2n) is 5.98. The van der Waals surface area contributed by atoms with E-state index in [0.29, 0.717) is 25.7 Å². The summed E-state index contributed by atoms with van der Waals surface area (Å²) in [5.41, 5.74) is 0. The molecule has 1 aromatic rings. The summed E-state index contributed by atoms with van der Waals surface area (Å²) in [6.07, 6.45) is 2.34. The van der Waals surface area contributed by atoms with E-state index in [2.05, 4.69) is 26.1 Å². The van der Waals surface area contributed by atoms with Crippen molar-refractivity contribution in [3.05, 3.63) is 28.7 Å². The average Bonchev–Trinajstić information content (AvgIpc) is 2.56.